The lowest BCUT2D eigenvalue weighted by Gasteiger charge is -2.28. The van der Waals surface area contributed by atoms with E-state index in [1.807, 2.05) is 0 Å². The molecule has 0 aliphatic carbocycles. The molecular formula is C49H95NO6. The van der Waals surface area contributed by atoms with Crippen molar-refractivity contribution in [3.63, 3.8) is 0 Å². The summed E-state index contributed by atoms with van der Waals surface area (Å²) in [6.07, 6.45) is 41.0. The molecule has 0 radical (unpaired) electrons. The molecule has 0 aromatic heterocycles. The first-order chi connectivity index (χ1) is 27.3. The van der Waals surface area contributed by atoms with Crippen molar-refractivity contribution in [1.82, 2.24) is 4.90 Å². The number of carbonyl (C=O) groups is 2. The first-order valence-corrected chi connectivity index (χ1v) is 24.7. The van der Waals surface area contributed by atoms with Gasteiger partial charge in [-0.3, -0.25) is 9.59 Å². The van der Waals surface area contributed by atoms with Crippen LogP contribution in [0.4, 0.5) is 0 Å². The molecule has 7 nitrogen and oxygen atoms in total. The predicted octanol–water partition coefficient (Wildman–Crippen LogP) is 14.2. The summed E-state index contributed by atoms with van der Waals surface area (Å²) < 4.78 is 24.7. The highest BCUT2D eigenvalue weighted by atomic mass is 16.7. The van der Waals surface area contributed by atoms with E-state index in [9.17, 15) is 9.59 Å². The fourth-order valence-corrected chi connectivity index (χ4v) is 8.07. The molecule has 1 aliphatic rings. The quantitative estimate of drug-likeness (QED) is 0.0450. The largest absolute Gasteiger partial charge is 0.466 e. The zero-order valence-corrected chi connectivity index (χ0v) is 38.1. The molecule has 0 aromatic carbocycles. The van der Waals surface area contributed by atoms with Gasteiger partial charge >= 0.3 is 11.9 Å². The van der Waals surface area contributed by atoms with E-state index < -0.39 is 5.79 Å². The maximum Gasteiger partial charge on any atom is 0.306 e. The molecule has 7 heteroatoms. The van der Waals surface area contributed by atoms with Gasteiger partial charge in [-0.2, -0.15) is 0 Å². The fraction of sp³-hybridized carbons (Fsp3) is 0.959. The zero-order chi connectivity index (χ0) is 40.8. The summed E-state index contributed by atoms with van der Waals surface area (Å²) in [5.74, 6) is -0.543. The summed E-state index contributed by atoms with van der Waals surface area (Å²) in [4.78, 5) is 27.4. The average Bonchev–Trinajstić information content (AvgIpc) is 3.59. The average molecular weight is 794 g/mol. The monoisotopic (exact) mass is 794 g/mol. The SMILES string of the molecule is CCCCCCCCCCCOC(=O)CCCCC[C@]1(CCCCCCCC(=O)OC(CCCCCCCC)CCCCCCCC)OC[C@H](CCN(C)C)O1. The van der Waals surface area contributed by atoms with E-state index in [1.54, 1.807) is 0 Å². The number of hydrogen-bond donors (Lipinski definition) is 0. The third kappa shape index (κ3) is 31.8. The molecule has 0 amide bonds. The molecule has 0 saturated carbocycles. The van der Waals surface area contributed by atoms with Crippen molar-refractivity contribution in [2.75, 3.05) is 33.9 Å². The first-order valence-electron chi connectivity index (χ1n) is 24.7. The van der Waals surface area contributed by atoms with Crippen LogP contribution in [0.3, 0.4) is 0 Å². The highest BCUT2D eigenvalue weighted by Gasteiger charge is 2.40. The highest BCUT2D eigenvalue weighted by molar-refractivity contribution is 5.69. The molecule has 332 valence electrons. The molecule has 1 aliphatic heterocycles. The maximum atomic E-state index is 12.9. The predicted molar refractivity (Wildman–Crippen MR) is 236 cm³/mol. The Morgan fingerprint density at radius 3 is 1.52 bits per heavy atom. The molecule has 56 heavy (non-hydrogen) atoms. The Morgan fingerprint density at radius 2 is 1.00 bits per heavy atom. The Morgan fingerprint density at radius 1 is 0.571 bits per heavy atom. The van der Waals surface area contributed by atoms with Crippen LogP contribution >= 0.6 is 0 Å². The van der Waals surface area contributed by atoms with Gasteiger partial charge in [0.05, 0.1) is 19.3 Å². The number of rotatable bonds is 42. The van der Waals surface area contributed by atoms with Gasteiger partial charge in [0.1, 0.15) is 6.10 Å². The van der Waals surface area contributed by atoms with E-state index in [-0.39, 0.29) is 24.1 Å². The highest BCUT2D eigenvalue weighted by Crippen LogP contribution is 2.35. The summed E-state index contributed by atoms with van der Waals surface area (Å²) in [5, 5.41) is 0. The lowest BCUT2D eigenvalue weighted by Crippen LogP contribution is -2.31. The summed E-state index contributed by atoms with van der Waals surface area (Å²) in [5.41, 5.74) is 0. The van der Waals surface area contributed by atoms with Crippen molar-refractivity contribution in [3.05, 3.63) is 0 Å². The summed E-state index contributed by atoms with van der Waals surface area (Å²) >= 11 is 0. The molecule has 1 saturated heterocycles. The van der Waals surface area contributed by atoms with Gasteiger partial charge in [-0.25, -0.2) is 0 Å². The second-order valence-electron chi connectivity index (χ2n) is 17.7. The van der Waals surface area contributed by atoms with E-state index in [0.717, 1.165) is 103 Å². The van der Waals surface area contributed by atoms with E-state index in [2.05, 4.69) is 39.8 Å². The van der Waals surface area contributed by atoms with E-state index in [1.165, 1.54) is 122 Å². The van der Waals surface area contributed by atoms with Crippen molar-refractivity contribution in [2.45, 2.75) is 270 Å². The first kappa shape index (κ1) is 52.8. The van der Waals surface area contributed by atoms with E-state index in [4.69, 9.17) is 18.9 Å². The molecule has 0 N–H and O–H groups in total. The van der Waals surface area contributed by atoms with Crippen molar-refractivity contribution < 1.29 is 28.5 Å². The van der Waals surface area contributed by atoms with Crippen LogP contribution in [0.2, 0.25) is 0 Å². The Bertz CT molecular complexity index is 867. The minimum atomic E-state index is -0.502. The zero-order valence-electron chi connectivity index (χ0n) is 38.1. The minimum Gasteiger partial charge on any atom is -0.466 e. The number of unbranched alkanes of at least 4 members (excludes halogenated alkanes) is 24. The van der Waals surface area contributed by atoms with Gasteiger partial charge in [0.2, 0.25) is 0 Å². The van der Waals surface area contributed by atoms with Gasteiger partial charge in [0.25, 0.3) is 0 Å². The standard InChI is InChI=1S/C49H95NO6/c1-6-9-12-15-18-19-20-26-34-43-53-47(51)37-31-27-33-41-49(54-44-46(56-49)39-42-50(4)5)40-32-25-21-24-30-38-48(52)55-45(35-28-22-16-13-10-7-2)36-29-23-17-14-11-8-3/h45-46H,6-44H2,1-5H3/t46-,49+/m0/s1. The van der Waals surface area contributed by atoms with Crippen LogP contribution in [0, 0.1) is 0 Å². The Balaban J connectivity index is 2.33. The Hall–Kier alpha value is -1.18. The minimum absolute atomic E-state index is 0.00880. The lowest BCUT2D eigenvalue weighted by molar-refractivity contribution is -0.180. The van der Waals surface area contributed by atoms with Gasteiger partial charge in [-0.05, 0) is 78.3 Å². The summed E-state index contributed by atoms with van der Waals surface area (Å²) in [6, 6.07) is 0. The topological polar surface area (TPSA) is 74.3 Å². The van der Waals surface area contributed by atoms with Crippen LogP contribution in [-0.4, -0.2) is 68.7 Å². The molecule has 0 bridgehead atoms. The van der Waals surface area contributed by atoms with Crippen LogP contribution in [0.1, 0.15) is 252 Å². The lowest BCUT2D eigenvalue weighted by atomic mass is 9.99. The molecule has 0 unspecified atom stereocenters. The van der Waals surface area contributed by atoms with Crippen molar-refractivity contribution in [2.24, 2.45) is 0 Å². The molecule has 1 heterocycles. The van der Waals surface area contributed by atoms with Crippen LogP contribution < -0.4 is 0 Å². The second kappa shape index (κ2) is 38.0. The summed E-state index contributed by atoms with van der Waals surface area (Å²) in [7, 11) is 4.21. The number of esters is 2. The van der Waals surface area contributed by atoms with Gasteiger partial charge in [-0.1, -0.05) is 162 Å². The van der Waals surface area contributed by atoms with Gasteiger partial charge in [0, 0.05) is 32.2 Å². The Labute approximate surface area is 348 Å². The van der Waals surface area contributed by atoms with Gasteiger partial charge < -0.3 is 23.8 Å². The molecule has 2 atom stereocenters. The second-order valence-corrected chi connectivity index (χ2v) is 17.7. The molecule has 1 rings (SSSR count). The van der Waals surface area contributed by atoms with E-state index >= 15 is 0 Å². The van der Waals surface area contributed by atoms with Gasteiger partial charge in [-0.15, -0.1) is 0 Å². The Kier molecular flexibility index (Phi) is 35.9. The number of carbonyl (C=O) groups excluding carboxylic acids is 2. The van der Waals surface area contributed by atoms with E-state index in [0.29, 0.717) is 26.1 Å². The number of nitrogens with zero attached hydrogens (tertiary/aromatic N) is 1. The van der Waals surface area contributed by atoms with Crippen molar-refractivity contribution in [3.8, 4) is 0 Å². The number of ether oxygens (including phenoxy) is 4. The van der Waals surface area contributed by atoms with Crippen molar-refractivity contribution in [1.29, 1.82) is 0 Å². The maximum absolute atomic E-state index is 12.9. The van der Waals surface area contributed by atoms with Crippen LogP contribution in [0.5, 0.6) is 0 Å². The van der Waals surface area contributed by atoms with Crippen molar-refractivity contribution >= 4 is 11.9 Å². The molecular weight excluding hydrogens is 699 g/mol. The molecule has 0 spiro atoms. The van der Waals surface area contributed by atoms with Crippen LogP contribution in [0.15, 0.2) is 0 Å². The molecule has 1 fully saturated rings. The summed E-state index contributed by atoms with van der Waals surface area (Å²) in [6.45, 7) is 9.01. The normalized spacial score (nSPS) is 17.0. The van der Waals surface area contributed by atoms with Crippen LogP contribution in [-0.2, 0) is 28.5 Å². The smallest absolute Gasteiger partial charge is 0.306 e. The fourth-order valence-electron chi connectivity index (χ4n) is 8.07. The number of hydrogen-bond acceptors (Lipinski definition) is 7. The third-order valence-electron chi connectivity index (χ3n) is 11.8. The third-order valence-corrected chi connectivity index (χ3v) is 11.8. The molecule has 0 aromatic rings. The van der Waals surface area contributed by atoms with Gasteiger partial charge in [0.15, 0.2) is 5.79 Å². The van der Waals surface area contributed by atoms with Crippen LogP contribution in [0.25, 0.3) is 0 Å².